The van der Waals surface area contributed by atoms with E-state index in [1.54, 1.807) is 42.5 Å². The monoisotopic (exact) mass is 455 g/mol. The van der Waals surface area contributed by atoms with Crippen molar-refractivity contribution in [3.8, 4) is 6.07 Å². The molecule has 0 aliphatic rings. The van der Waals surface area contributed by atoms with E-state index >= 15 is 0 Å². The summed E-state index contributed by atoms with van der Waals surface area (Å²) >= 11 is 1.28. The third-order valence-corrected chi connectivity index (χ3v) is 5.99. The zero-order valence-electron chi connectivity index (χ0n) is 18.3. The lowest BCUT2D eigenvalue weighted by Gasteiger charge is -2.12. The second kappa shape index (κ2) is 9.10. The molecule has 7 nitrogen and oxygen atoms in total. The van der Waals surface area contributed by atoms with Gasteiger partial charge >= 0.3 is 6.03 Å². The van der Waals surface area contributed by atoms with Gasteiger partial charge in [0.1, 0.15) is 0 Å². The summed E-state index contributed by atoms with van der Waals surface area (Å²) < 4.78 is 0.786. The Morgan fingerprint density at radius 2 is 1.61 bits per heavy atom. The molecule has 164 valence electrons. The summed E-state index contributed by atoms with van der Waals surface area (Å²) in [4.78, 5) is 29.6. The van der Waals surface area contributed by atoms with Crippen LogP contribution in [0.15, 0.2) is 54.6 Å². The minimum atomic E-state index is -0.443. The smallest absolute Gasteiger partial charge is 0.322 e. The van der Waals surface area contributed by atoms with Gasteiger partial charge in [0.05, 0.1) is 21.8 Å². The van der Waals surface area contributed by atoms with Crippen LogP contribution in [0.4, 0.5) is 21.3 Å². The number of fused-ring (bicyclic) bond motifs is 1. The maximum atomic E-state index is 12.9. The van der Waals surface area contributed by atoms with E-state index in [1.165, 1.54) is 11.3 Å². The van der Waals surface area contributed by atoms with Crippen LogP contribution in [0.3, 0.4) is 0 Å². The van der Waals surface area contributed by atoms with Crippen LogP contribution in [-0.4, -0.2) is 16.9 Å². The SMILES string of the molecule is Cc1cc(C)c(NC(=O)c2ccc3nc(NC(=O)Nc4ccc(C#N)cc4)sc3c2)c(C)c1. The fourth-order valence-electron chi connectivity index (χ4n) is 3.57. The predicted octanol–water partition coefficient (Wildman–Crippen LogP) is 5.99. The van der Waals surface area contributed by atoms with Crippen LogP contribution < -0.4 is 16.0 Å². The van der Waals surface area contributed by atoms with E-state index in [9.17, 15) is 9.59 Å². The Morgan fingerprint density at radius 1 is 0.909 bits per heavy atom. The van der Waals surface area contributed by atoms with Crippen molar-refractivity contribution in [2.75, 3.05) is 16.0 Å². The van der Waals surface area contributed by atoms with Gasteiger partial charge in [-0.3, -0.25) is 10.1 Å². The Labute approximate surface area is 195 Å². The van der Waals surface area contributed by atoms with Crippen LogP contribution in [0.5, 0.6) is 0 Å². The second-order valence-corrected chi connectivity index (χ2v) is 8.73. The number of aryl methyl sites for hydroxylation is 3. The van der Waals surface area contributed by atoms with Crippen molar-refractivity contribution in [3.05, 3.63) is 82.4 Å². The Kier molecular flexibility index (Phi) is 6.07. The number of nitriles is 1. The maximum Gasteiger partial charge on any atom is 0.325 e. The molecular formula is C25H21N5O2S. The van der Waals surface area contributed by atoms with Crippen LogP contribution >= 0.6 is 11.3 Å². The first-order chi connectivity index (χ1) is 15.8. The van der Waals surface area contributed by atoms with Gasteiger partial charge in [-0.2, -0.15) is 5.26 Å². The van der Waals surface area contributed by atoms with Gasteiger partial charge in [0.2, 0.25) is 0 Å². The van der Waals surface area contributed by atoms with Gasteiger partial charge in [-0.25, -0.2) is 9.78 Å². The molecule has 3 amide bonds. The van der Waals surface area contributed by atoms with E-state index in [4.69, 9.17) is 5.26 Å². The average Bonchev–Trinajstić information content (AvgIpc) is 3.17. The van der Waals surface area contributed by atoms with Crippen molar-refractivity contribution in [3.63, 3.8) is 0 Å². The summed E-state index contributed by atoms with van der Waals surface area (Å²) in [7, 11) is 0. The Balaban J connectivity index is 1.47. The molecule has 0 unspecified atom stereocenters. The summed E-state index contributed by atoms with van der Waals surface area (Å²) in [6, 6.07) is 17.5. The first-order valence-corrected chi connectivity index (χ1v) is 11.0. The molecule has 0 saturated carbocycles. The van der Waals surface area contributed by atoms with E-state index in [0.29, 0.717) is 27.5 Å². The van der Waals surface area contributed by atoms with Crippen LogP contribution in [0.1, 0.15) is 32.6 Å². The van der Waals surface area contributed by atoms with Gasteiger partial charge in [0, 0.05) is 16.9 Å². The van der Waals surface area contributed by atoms with Crippen molar-refractivity contribution in [2.45, 2.75) is 20.8 Å². The third kappa shape index (κ3) is 5.00. The molecule has 0 saturated heterocycles. The number of carbonyl (C=O) groups is 2. The van der Waals surface area contributed by atoms with Crippen LogP contribution in [0.25, 0.3) is 10.2 Å². The van der Waals surface area contributed by atoms with Crippen molar-refractivity contribution in [1.29, 1.82) is 5.26 Å². The lowest BCUT2D eigenvalue weighted by Crippen LogP contribution is -2.19. The third-order valence-electron chi connectivity index (χ3n) is 5.06. The number of hydrogen-bond donors (Lipinski definition) is 3. The van der Waals surface area contributed by atoms with Crippen molar-refractivity contribution in [2.24, 2.45) is 0 Å². The number of hydrogen-bond acceptors (Lipinski definition) is 5. The van der Waals surface area contributed by atoms with E-state index in [2.05, 4.69) is 20.9 Å². The number of nitrogens with one attached hydrogen (secondary N) is 3. The van der Waals surface area contributed by atoms with E-state index in [0.717, 1.165) is 27.1 Å². The number of carbonyl (C=O) groups excluding carboxylic acids is 2. The minimum Gasteiger partial charge on any atom is -0.322 e. The van der Waals surface area contributed by atoms with Crippen LogP contribution in [0, 0.1) is 32.1 Å². The molecule has 1 heterocycles. The zero-order valence-corrected chi connectivity index (χ0v) is 19.1. The minimum absolute atomic E-state index is 0.201. The lowest BCUT2D eigenvalue weighted by molar-refractivity contribution is 0.102. The van der Waals surface area contributed by atoms with Crippen molar-refractivity contribution in [1.82, 2.24) is 4.98 Å². The second-order valence-electron chi connectivity index (χ2n) is 7.70. The molecule has 0 fully saturated rings. The molecule has 1 aromatic heterocycles. The topological polar surface area (TPSA) is 107 Å². The molecule has 4 rings (SSSR count). The predicted molar refractivity (Wildman–Crippen MR) is 132 cm³/mol. The molecule has 3 N–H and O–H groups in total. The first kappa shape index (κ1) is 22.0. The number of anilines is 3. The van der Waals surface area contributed by atoms with Gasteiger partial charge < -0.3 is 10.6 Å². The highest BCUT2D eigenvalue weighted by atomic mass is 32.1. The zero-order chi connectivity index (χ0) is 23.5. The number of amides is 3. The molecule has 4 aromatic rings. The average molecular weight is 456 g/mol. The van der Waals surface area contributed by atoms with E-state index in [1.807, 2.05) is 39.0 Å². The van der Waals surface area contributed by atoms with Gasteiger partial charge in [-0.05, 0) is 74.4 Å². The number of rotatable bonds is 4. The number of thiazole rings is 1. The fraction of sp³-hybridized carbons (Fsp3) is 0.120. The number of aromatic nitrogens is 1. The molecule has 3 aromatic carbocycles. The molecule has 0 bridgehead atoms. The summed E-state index contributed by atoms with van der Waals surface area (Å²) in [6.45, 7) is 5.98. The highest BCUT2D eigenvalue weighted by molar-refractivity contribution is 7.22. The Morgan fingerprint density at radius 3 is 2.27 bits per heavy atom. The first-order valence-electron chi connectivity index (χ1n) is 10.2. The largest absolute Gasteiger partial charge is 0.325 e. The van der Waals surface area contributed by atoms with E-state index in [-0.39, 0.29) is 5.91 Å². The molecular weight excluding hydrogens is 434 g/mol. The molecule has 0 radical (unpaired) electrons. The van der Waals surface area contributed by atoms with E-state index < -0.39 is 6.03 Å². The molecule has 8 heteroatoms. The molecule has 0 aliphatic heterocycles. The highest BCUT2D eigenvalue weighted by Gasteiger charge is 2.14. The normalized spacial score (nSPS) is 10.5. The van der Waals surface area contributed by atoms with Crippen molar-refractivity contribution < 1.29 is 9.59 Å². The summed E-state index contributed by atoms with van der Waals surface area (Å²) in [5.41, 5.74) is 6.27. The van der Waals surface area contributed by atoms with Crippen LogP contribution in [0.2, 0.25) is 0 Å². The maximum absolute atomic E-state index is 12.9. The number of benzene rings is 3. The molecule has 0 atom stereocenters. The van der Waals surface area contributed by atoms with Gasteiger partial charge in [-0.1, -0.05) is 29.0 Å². The molecule has 33 heavy (non-hydrogen) atoms. The number of nitrogens with zero attached hydrogens (tertiary/aromatic N) is 2. The highest BCUT2D eigenvalue weighted by Crippen LogP contribution is 2.28. The van der Waals surface area contributed by atoms with Gasteiger partial charge in [-0.15, -0.1) is 0 Å². The van der Waals surface area contributed by atoms with Crippen molar-refractivity contribution >= 4 is 50.0 Å². The summed E-state index contributed by atoms with van der Waals surface area (Å²) in [6.07, 6.45) is 0. The Bertz CT molecular complexity index is 1390. The summed E-state index contributed by atoms with van der Waals surface area (Å²) in [5.74, 6) is -0.201. The van der Waals surface area contributed by atoms with Gasteiger partial charge in [0.25, 0.3) is 5.91 Å². The molecule has 0 aliphatic carbocycles. The summed E-state index contributed by atoms with van der Waals surface area (Å²) in [5, 5.41) is 17.7. The fourth-order valence-corrected chi connectivity index (χ4v) is 4.47. The van der Waals surface area contributed by atoms with Crippen LogP contribution in [-0.2, 0) is 0 Å². The van der Waals surface area contributed by atoms with Gasteiger partial charge in [0.15, 0.2) is 5.13 Å². The Hall–Kier alpha value is -4.22. The quantitative estimate of drug-likeness (QED) is 0.351. The standard InChI is InChI=1S/C25H21N5O2S/c1-14-10-15(2)22(16(3)11-14)29-23(31)18-6-9-20-21(12-18)33-25(28-20)30-24(32)27-19-7-4-17(13-26)5-8-19/h4-12H,1-3H3,(H,29,31)(H2,27,28,30,32). The molecule has 0 spiro atoms. The number of urea groups is 1. The lowest BCUT2D eigenvalue weighted by atomic mass is 10.0.